The molecule has 4 rings (SSSR count). The highest BCUT2D eigenvalue weighted by molar-refractivity contribution is 5.97. The van der Waals surface area contributed by atoms with Gasteiger partial charge in [0, 0.05) is 25.6 Å². The van der Waals surface area contributed by atoms with Gasteiger partial charge in [-0.2, -0.15) is 0 Å². The van der Waals surface area contributed by atoms with Crippen LogP contribution in [-0.4, -0.2) is 46.5 Å². The topological polar surface area (TPSA) is 81.7 Å². The Morgan fingerprint density at radius 1 is 1.17 bits per heavy atom. The van der Waals surface area contributed by atoms with E-state index in [1.165, 1.54) is 6.07 Å². The molecule has 0 aliphatic carbocycles. The number of piperazine rings is 1. The minimum atomic E-state index is -0.603. The van der Waals surface area contributed by atoms with Crippen LogP contribution in [0.5, 0.6) is 5.75 Å². The van der Waals surface area contributed by atoms with E-state index in [9.17, 15) is 19.1 Å². The largest absolute Gasteiger partial charge is 0.508 e. The fraction of sp³-hybridized carbons (Fsp3) is 0.364. The highest BCUT2D eigenvalue weighted by Gasteiger charge is 2.46. The summed E-state index contributed by atoms with van der Waals surface area (Å²) >= 11 is 0. The van der Waals surface area contributed by atoms with Crippen molar-refractivity contribution in [3.8, 4) is 5.75 Å². The minimum absolute atomic E-state index is 0.0218. The van der Waals surface area contributed by atoms with Gasteiger partial charge in [0.05, 0.1) is 0 Å². The highest BCUT2D eigenvalue weighted by Crippen LogP contribution is 2.24. The van der Waals surface area contributed by atoms with Gasteiger partial charge in [-0.25, -0.2) is 4.39 Å². The Hall–Kier alpha value is -2.93. The number of aryl methyl sites for hydroxylation is 1. The molecule has 0 radical (unpaired) electrons. The molecule has 2 aromatic rings. The second kappa shape index (κ2) is 7.83. The van der Waals surface area contributed by atoms with Crippen molar-refractivity contribution >= 4 is 11.8 Å². The lowest BCUT2D eigenvalue weighted by Gasteiger charge is -2.34. The average Bonchev–Trinajstić information content (AvgIpc) is 3.14. The molecule has 0 saturated carbocycles. The number of hydrogen-bond acceptors (Lipinski definition) is 4. The highest BCUT2D eigenvalue weighted by atomic mass is 19.1. The second-order valence-electron chi connectivity index (χ2n) is 7.84. The number of phenolic OH excluding ortho intramolecular Hbond substituents is 1. The van der Waals surface area contributed by atoms with Gasteiger partial charge >= 0.3 is 0 Å². The number of carbonyl (C=O) groups excluding carboxylic acids is 2. The van der Waals surface area contributed by atoms with Crippen LogP contribution in [0, 0.1) is 12.7 Å². The summed E-state index contributed by atoms with van der Waals surface area (Å²) in [5, 5.41) is 15.6. The number of benzene rings is 2. The van der Waals surface area contributed by atoms with Gasteiger partial charge in [-0.1, -0.05) is 24.3 Å². The smallest absolute Gasteiger partial charge is 0.246 e. The van der Waals surface area contributed by atoms with Crippen molar-refractivity contribution in [3.63, 3.8) is 0 Å². The summed E-state index contributed by atoms with van der Waals surface area (Å²) in [5.41, 5.74) is 2.31. The van der Waals surface area contributed by atoms with E-state index in [0.717, 1.165) is 11.1 Å². The van der Waals surface area contributed by atoms with Crippen LogP contribution in [0.15, 0.2) is 42.5 Å². The molecular formula is C22H24FN3O3. The van der Waals surface area contributed by atoms with Crippen LogP contribution >= 0.6 is 0 Å². The fourth-order valence-electron chi connectivity index (χ4n) is 4.02. The summed E-state index contributed by atoms with van der Waals surface area (Å²) in [6, 6.07) is 10.7. The molecule has 2 heterocycles. The van der Waals surface area contributed by atoms with Crippen LogP contribution < -0.4 is 10.6 Å². The van der Waals surface area contributed by atoms with Gasteiger partial charge in [0.1, 0.15) is 23.7 Å². The molecule has 0 bridgehead atoms. The molecule has 6 nitrogen and oxygen atoms in total. The number of fused-ring (bicyclic) bond motifs is 1. The standard InChI is InChI=1S/C22H24FN3O3/c1-13-2-3-15(8-18(13)23)11-24-16-10-20-21(28)25-19(22(29)26(20)12-16)9-14-4-6-17(27)7-5-14/h2-8,16,19-20,24,27H,9-12H2,1H3,(H,25,28)/t16-,19+,20-/m0/s1. The third-order valence-electron chi connectivity index (χ3n) is 5.71. The summed E-state index contributed by atoms with van der Waals surface area (Å²) in [4.78, 5) is 27.1. The van der Waals surface area contributed by atoms with E-state index in [2.05, 4.69) is 10.6 Å². The van der Waals surface area contributed by atoms with Gasteiger partial charge in [0.25, 0.3) is 0 Å². The number of aromatic hydroxyl groups is 1. The molecule has 2 aromatic carbocycles. The van der Waals surface area contributed by atoms with E-state index in [1.54, 1.807) is 42.2 Å². The Kier molecular flexibility index (Phi) is 5.24. The zero-order valence-corrected chi connectivity index (χ0v) is 16.2. The Bertz CT molecular complexity index is 931. The molecule has 2 aliphatic heterocycles. The van der Waals surface area contributed by atoms with Gasteiger partial charge in [0.15, 0.2) is 0 Å². The number of nitrogens with one attached hydrogen (secondary N) is 2. The Morgan fingerprint density at radius 3 is 2.62 bits per heavy atom. The molecule has 29 heavy (non-hydrogen) atoms. The van der Waals surface area contributed by atoms with Gasteiger partial charge in [-0.15, -0.1) is 0 Å². The van der Waals surface area contributed by atoms with Crippen LogP contribution in [0.1, 0.15) is 23.1 Å². The minimum Gasteiger partial charge on any atom is -0.508 e. The SMILES string of the molecule is Cc1ccc(CN[C@H]2C[C@H]3C(=O)N[C@H](Cc4ccc(O)cc4)C(=O)N3C2)cc1F. The molecule has 0 aromatic heterocycles. The van der Waals surface area contributed by atoms with Crippen molar-refractivity contribution in [1.29, 1.82) is 0 Å². The van der Waals surface area contributed by atoms with E-state index < -0.39 is 12.1 Å². The number of amides is 2. The first kappa shape index (κ1) is 19.4. The van der Waals surface area contributed by atoms with Gasteiger partial charge in [-0.05, 0) is 48.2 Å². The maximum atomic E-state index is 13.7. The van der Waals surface area contributed by atoms with Crippen LogP contribution in [0.3, 0.4) is 0 Å². The molecule has 2 amide bonds. The van der Waals surface area contributed by atoms with Crippen molar-refractivity contribution in [2.75, 3.05) is 6.54 Å². The predicted molar refractivity (Wildman–Crippen MR) is 106 cm³/mol. The van der Waals surface area contributed by atoms with Crippen molar-refractivity contribution < 1.29 is 19.1 Å². The van der Waals surface area contributed by atoms with E-state index in [0.29, 0.717) is 31.5 Å². The summed E-state index contributed by atoms with van der Waals surface area (Å²) in [7, 11) is 0. The fourth-order valence-corrected chi connectivity index (χ4v) is 4.02. The summed E-state index contributed by atoms with van der Waals surface area (Å²) in [5.74, 6) is -0.304. The van der Waals surface area contributed by atoms with Crippen molar-refractivity contribution in [3.05, 3.63) is 65.0 Å². The molecule has 2 saturated heterocycles. The van der Waals surface area contributed by atoms with Gasteiger partial charge < -0.3 is 20.6 Å². The first-order chi connectivity index (χ1) is 13.9. The number of halogens is 1. The maximum absolute atomic E-state index is 13.7. The number of nitrogens with zero attached hydrogens (tertiary/aromatic N) is 1. The quantitative estimate of drug-likeness (QED) is 0.717. The lowest BCUT2D eigenvalue weighted by atomic mass is 10.0. The van der Waals surface area contributed by atoms with Crippen LogP contribution in [-0.2, 0) is 22.6 Å². The van der Waals surface area contributed by atoms with Crippen molar-refractivity contribution in [1.82, 2.24) is 15.5 Å². The monoisotopic (exact) mass is 397 g/mol. The summed E-state index contributed by atoms with van der Waals surface area (Å²) < 4.78 is 13.7. The molecular weight excluding hydrogens is 373 g/mol. The molecule has 7 heteroatoms. The molecule has 0 unspecified atom stereocenters. The zero-order valence-electron chi connectivity index (χ0n) is 16.2. The molecule has 0 spiro atoms. The number of hydrogen-bond donors (Lipinski definition) is 3. The Labute approximate surface area is 168 Å². The molecule has 152 valence electrons. The lowest BCUT2D eigenvalue weighted by Crippen LogP contribution is -2.61. The number of rotatable bonds is 5. The van der Waals surface area contributed by atoms with Crippen LogP contribution in [0.2, 0.25) is 0 Å². The van der Waals surface area contributed by atoms with Gasteiger partial charge in [-0.3, -0.25) is 9.59 Å². The Morgan fingerprint density at radius 2 is 1.90 bits per heavy atom. The van der Waals surface area contributed by atoms with E-state index in [-0.39, 0.29) is 29.4 Å². The van der Waals surface area contributed by atoms with Crippen molar-refractivity contribution in [2.24, 2.45) is 0 Å². The third-order valence-corrected chi connectivity index (χ3v) is 5.71. The van der Waals surface area contributed by atoms with E-state index in [1.807, 2.05) is 6.07 Å². The number of carbonyl (C=O) groups is 2. The molecule has 3 N–H and O–H groups in total. The van der Waals surface area contributed by atoms with Crippen molar-refractivity contribution in [2.45, 2.75) is 44.4 Å². The molecule has 2 aliphatic rings. The first-order valence-electron chi connectivity index (χ1n) is 9.78. The van der Waals surface area contributed by atoms with Crippen LogP contribution in [0.25, 0.3) is 0 Å². The predicted octanol–water partition coefficient (Wildman–Crippen LogP) is 1.64. The zero-order chi connectivity index (χ0) is 20.5. The van der Waals surface area contributed by atoms with Gasteiger partial charge in [0.2, 0.25) is 11.8 Å². The molecule has 2 fully saturated rings. The average molecular weight is 397 g/mol. The second-order valence-corrected chi connectivity index (χ2v) is 7.84. The summed E-state index contributed by atoms with van der Waals surface area (Å²) in [6.45, 7) is 2.66. The van der Waals surface area contributed by atoms with Crippen LogP contribution in [0.4, 0.5) is 4.39 Å². The number of phenols is 1. The summed E-state index contributed by atoms with van der Waals surface area (Å²) in [6.07, 6.45) is 0.923. The van der Waals surface area contributed by atoms with E-state index in [4.69, 9.17) is 0 Å². The maximum Gasteiger partial charge on any atom is 0.246 e. The first-order valence-corrected chi connectivity index (χ1v) is 9.78. The Balaban J connectivity index is 1.38. The van der Waals surface area contributed by atoms with E-state index >= 15 is 0 Å². The molecule has 3 atom stereocenters. The lowest BCUT2D eigenvalue weighted by molar-refractivity contribution is -0.147. The third kappa shape index (κ3) is 4.10. The normalized spacial score (nSPS) is 23.8.